The molecule has 0 bridgehead atoms. The molecule has 1 unspecified atom stereocenters. The van der Waals surface area contributed by atoms with E-state index in [1.807, 2.05) is 6.08 Å². The summed E-state index contributed by atoms with van der Waals surface area (Å²) in [5.41, 5.74) is 0. The Morgan fingerprint density at radius 2 is 0.506 bits per heavy atom. The van der Waals surface area contributed by atoms with Gasteiger partial charge in [-0.2, -0.15) is 0 Å². The van der Waals surface area contributed by atoms with Gasteiger partial charge in [0.05, 0.1) is 6.42 Å². The van der Waals surface area contributed by atoms with Crippen molar-refractivity contribution in [2.75, 3.05) is 13.2 Å². The second-order valence-electron chi connectivity index (χ2n) is 19.5. The summed E-state index contributed by atoms with van der Waals surface area (Å²) in [5, 5.41) is 0. The number of allylic oxidation sites excluding steroid dienone is 35. The van der Waals surface area contributed by atoms with Crippen LogP contribution in [0.4, 0.5) is 0 Å². The van der Waals surface area contributed by atoms with Gasteiger partial charge in [0.1, 0.15) is 13.2 Å². The molecule has 0 fully saturated rings. The van der Waals surface area contributed by atoms with E-state index in [0.717, 1.165) is 154 Å². The van der Waals surface area contributed by atoms with Gasteiger partial charge in [0.25, 0.3) is 0 Å². The minimum atomic E-state index is -0.865. The number of esters is 3. The van der Waals surface area contributed by atoms with E-state index in [-0.39, 0.29) is 44.4 Å². The Hall–Kier alpha value is -6.27. The fourth-order valence-corrected chi connectivity index (χ4v) is 7.45. The number of hydrogen-bond donors (Lipinski definition) is 0. The minimum absolute atomic E-state index is 0.101. The highest BCUT2D eigenvalue weighted by Gasteiger charge is 2.19. The van der Waals surface area contributed by atoms with E-state index in [9.17, 15) is 14.4 Å². The number of hydrogen-bond acceptors (Lipinski definition) is 6. The van der Waals surface area contributed by atoms with Gasteiger partial charge in [-0.05, 0) is 148 Å². The first-order valence-corrected chi connectivity index (χ1v) is 31.2. The smallest absolute Gasteiger partial charge is 0.309 e. The van der Waals surface area contributed by atoms with Gasteiger partial charge in [-0.1, -0.05) is 265 Å². The van der Waals surface area contributed by atoms with Crippen molar-refractivity contribution in [1.82, 2.24) is 0 Å². The predicted molar refractivity (Wildman–Crippen MR) is 352 cm³/mol. The zero-order chi connectivity index (χ0) is 58.5. The predicted octanol–water partition coefficient (Wildman–Crippen LogP) is 21.8. The lowest BCUT2D eigenvalue weighted by molar-refractivity contribution is -0.166. The Balaban J connectivity index is 4.60. The highest BCUT2D eigenvalue weighted by molar-refractivity contribution is 5.72. The number of unbranched alkanes of at least 4 members (excludes halogenated alkanes) is 7. The lowest BCUT2D eigenvalue weighted by atomic mass is 10.1. The molecule has 0 aromatic rings. The molecule has 0 N–H and O–H groups in total. The van der Waals surface area contributed by atoms with Crippen LogP contribution in [0.15, 0.2) is 219 Å². The third-order valence-electron chi connectivity index (χ3n) is 12.0. The maximum absolute atomic E-state index is 12.9. The Morgan fingerprint density at radius 1 is 0.259 bits per heavy atom. The molecular formula is C75H110O6. The maximum Gasteiger partial charge on any atom is 0.309 e. The van der Waals surface area contributed by atoms with Crippen LogP contribution >= 0.6 is 0 Å². The van der Waals surface area contributed by atoms with Crippen LogP contribution in [-0.4, -0.2) is 37.2 Å². The van der Waals surface area contributed by atoms with E-state index in [1.165, 1.54) is 6.42 Å². The van der Waals surface area contributed by atoms with Crippen molar-refractivity contribution in [2.45, 2.75) is 219 Å². The largest absolute Gasteiger partial charge is 0.462 e. The first-order chi connectivity index (χ1) is 40.0. The molecule has 0 saturated heterocycles. The molecule has 0 aliphatic heterocycles. The van der Waals surface area contributed by atoms with E-state index >= 15 is 0 Å². The van der Waals surface area contributed by atoms with Gasteiger partial charge >= 0.3 is 17.9 Å². The summed E-state index contributed by atoms with van der Waals surface area (Å²) in [7, 11) is 0. The molecule has 0 rings (SSSR count). The van der Waals surface area contributed by atoms with Crippen molar-refractivity contribution in [2.24, 2.45) is 0 Å². The number of ether oxygens (including phenoxy) is 3. The van der Waals surface area contributed by atoms with E-state index in [1.54, 1.807) is 6.08 Å². The standard InChI is InChI=1S/C75H110O6/c1-4-7-10-13-16-19-22-25-28-30-32-33-34-35-36-37-38-39-40-41-43-44-47-50-53-56-59-62-65-68-74(77)80-71-72(70-79-73(76)67-64-61-58-55-52-49-46-27-24-21-18-15-12-9-6-3)81-75(78)69-66-63-60-57-54-51-48-45-42-31-29-26-23-20-17-14-11-8-5-2/h7-12,16-21,25-29,32-33,35-36,38-39,41-43,45-47,50,52,55-56,59,61,64,72H,4-6,13-15,22-24,30-31,34,37,40,44,48-49,51,53-54,57-58,60,62-63,65-71H2,1-3H3/b10-7-,11-8-,12-9-,19-16-,20-17-,21-18-,28-25-,29-26-,33-32-,36-35-,39-38-,43-41-,45-42-,46-27-,50-47-,55-52-,59-56-,64-61-. The monoisotopic (exact) mass is 1110 g/mol. The van der Waals surface area contributed by atoms with E-state index in [0.29, 0.717) is 12.8 Å². The van der Waals surface area contributed by atoms with Gasteiger partial charge in [0.15, 0.2) is 6.10 Å². The van der Waals surface area contributed by atoms with Gasteiger partial charge in [-0.3, -0.25) is 14.4 Å². The summed E-state index contributed by atoms with van der Waals surface area (Å²) in [4.78, 5) is 38.2. The van der Waals surface area contributed by atoms with Gasteiger partial charge in [0, 0.05) is 12.8 Å². The average Bonchev–Trinajstić information content (AvgIpc) is 3.47. The van der Waals surface area contributed by atoms with Gasteiger partial charge < -0.3 is 14.2 Å². The summed E-state index contributed by atoms with van der Waals surface area (Å²) in [6, 6.07) is 0. The molecule has 0 saturated carbocycles. The molecule has 0 aliphatic rings. The third-order valence-corrected chi connectivity index (χ3v) is 12.0. The molecule has 1 atom stereocenters. The molecule has 0 aliphatic carbocycles. The lowest BCUT2D eigenvalue weighted by Gasteiger charge is -2.18. The minimum Gasteiger partial charge on any atom is -0.462 e. The Kier molecular flexibility index (Phi) is 61.1. The number of carbonyl (C=O) groups is 3. The van der Waals surface area contributed by atoms with Crippen LogP contribution in [0.3, 0.4) is 0 Å². The highest BCUT2D eigenvalue weighted by Crippen LogP contribution is 2.12. The van der Waals surface area contributed by atoms with E-state index in [2.05, 4.69) is 227 Å². The summed E-state index contributed by atoms with van der Waals surface area (Å²) in [5.74, 6) is -1.17. The lowest BCUT2D eigenvalue weighted by Crippen LogP contribution is -2.30. The van der Waals surface area contributed by atoms with E-state index < -0.39 is 12.1 Å². The third kappa shape index (κ3) is 64.4. The fourth-order valence-electron chi connectivity index (χ4n) is 7.45. The van der Waals surface area contributed by atoms with Crippen molar-refractivity contribution in [3.8, 4) is 0 Å². The molecule has 0 aromatic carbocycles. The van der Waals surface area contributed by atoms with Crippen molar-refractivity contribution >= 4 is 17.9 Å². The average molecular weight is 1110 g/mol. The zero-order valence-electron chi connectivity index (χ0n) is 50.9. The van der Waals surface area contributed by atoms with Crippen LogP contribution in [0.2, 0.25) is 0 Å². The summed E-state index contributed by atoms with van der Waals surface area (Å²) in [6.45, 7) is 6.12. The van der Waals surface area contributed by atoms with Crippen molar-refractivity contribution in [3.63, 3.8) is 0 Å². The molecule has 0 aromatic heterocycles. The van der Waals surface area contributed by atoms with Crippen molar-refractivity contribution in [1.29, 1.82) is 0 Å². The van der Waals surface area contributed by atoms with Crippen LogP contribution in [0, 0.1) is 0 Å². The van der Waals surface area contributed by atoms with Crippen LogP contribution in [-0.2, 0) is 28.6 Å². The van der Waals surface area contributed by atoms with Crippen LogP contribution in [0.5, 0.6) is 0 Å². The first-order valence-electron chi connectivity index (χ1n) is 31.2. The zero-order valence-corrected chi connectivity index (χ0v) is 50.9. The Morgan fingerprint density at radius 3 is 0.840 bits per heavy atom. The molecule has 0 spiro atoms. The maximum atomic E-state index is 12.9. The van der Waals surface area contributed by atoms with Crippen LogP contribution in [0.1, 0.15) is 213 Å². The van der Waals surface area contributed by atoms with Gasteiger partial charge in [-0.25, -0.2) is 0 Å². The first kappa shape index (κ1) is 74.7. The topological polar surface area (TPSA) is 78.9 Å². The number of rotatable bonds is 53. The molecule has 81 heavy (non-hydrogen) atoms. The molecule has 0 heterocycles. The van der Waals surface area contributed by atoms with Gasteiger partial charge in [0.2, 0.25) is 0 Å². The second-order valence-corrected chi connectivity index (χ2v) is 19.5. The summed E-state index contributed by atoms with van der Waals surface area (Å²) < 4.78 is 16.7. The van der Waals surface area contributed by atoms with E-state index in [4.69, 9.17) is 14.2 Å². The summed E-state index contributed by atoms with van der Waals surface area (Å²) >= 11 is 0. The molecule has 0 radical (unpaired) electrons. The Bertz CT molecular complexity index is 2050. The number of carbonyl (C=O) groups excluding carboxylic acids is 3. The molecule has 446 valence electrons. The summed E-state index contributed by atoms with van der Waals surface area (Å²) in [6.07, 6.45) is 104. The molecule has 6 heteroatoms. The molecular weight excluding hydrogens is 997 g/mol. The normalized spacial score (nSPS) is 13.7. The quantitative estimate of drug-likeness (QED) is 0.0261. The van der Waals surface area contributed by atoms with Crippen LogP contribution in [0.25, 0.3) is 0 Å². The van der Waals surface area contributed by atoms with Gasteiger partial charge in [-0.15, -0.1) is 0 Å². The van der Waals surface area contributed by atoms with Crippen LogP contribution < -0.4 is 0 Å². The Labute approximate surface area is 495 Å². The van der Waals surface area contributed by atoms with Crippen molar-refractivity contribution < 1.29 is 28.6 Å². The SMILES string of the molecule is CC/C=C\C/C=C\C/C=C\C/C=C\C/C=C\C/C=C\C/C=C\C/C=C\C/C=C\CCCC(=O)OCC(COC(=O)C/C=C\C/C=C\C/C=C\C/C=C\C/C=C\CC)OC(=O)CCCCCCCC/C=C\C/C=C\C/C=C\C/C=C\CC. The molecule has 6 nitrogen and oxygen atoms in total. The fraction of sp³-hybridized carbons (Fsp3) is 0.480. The highest BCUT2D eigenvalue weighted by atomic mass is 16.6. The molecule has 0 amide bonds. The van der Waals surface area contributed by atoms with Crippen molar-refractivity contribution in [3.05, 3.63) is 219 Å². The second kappa shape index (κ2) is 66.2.